The number of benzene rings is 1. The Kier molecular flexibility index (Phi) is 2.96. The van der Waals surface area contributed by atoms with Gasteiger partial charge in [-0.25, -0.2) is 0 Å². The lowest BCUT2D eigenvalue weighted by molar-refractivity contribution is -0.138. The summed E-state index contributed by atoms with van der Waals surface area (Å²) in [5.74, 6) is 0.466. The van der Waals surface area contributed by atoms with Crippen molar-refractivity contribution in [3.05, 3.63) is 23.8 Å². The number of aliphatic carboxylic acids is 1. The minimum absolute atomic E-state index is 0.243. The first-order chi connectivity index (χ1) is 7.66. The van der Waals surface area contributed by atoms with Crippen molar-refractivity contribution in [1.29, 1.82) is 0 Å². The van der Waals surface area contributed by atoms with Crippen molar-refractivity contribution in [2.45, 2.75) is 18.9 Å². The van der Waals surface area contributed by atoms with Gasteiger partial charge in [-0.3, -0.25) is 4.79 Å². The van der Waals surface area contributed by atoms with Crippen molar-refractivity contribution in [1.82, 2.24) is 0 Å². The third kappa shape index (κ3) is 2.25. The number of carboxylic acid groups (broad SMARTS) is 1. The molecule has 5 heteroatoms. The minimum atomic E-state index is -0.972. The summed E-state index contributed by atoms with van der Waals surface area (Å²) in [6.07, 6.45) is 1.03. The van der Waals surface area contributed by atoms with Crippen molar-refractivity contribution in [2.75, 3.05) is 6.79 Å². The molecule has 0 aliphatic carbocycles. The number of carbonyl (C=O) groups is 1. The third-order valence-corrected chi connectivity index (χ3v) is 2.50. The number of hydrogen-bond donors (Lipinski definition) is 2. The van der Waals surface area contributed by atoms with E-state index in [1.54, 1.807) is 0 Å². The first kappa shape index (κ1) is 10.8. The fraction of sp³-hybridized carbons (Fsp3) is 0.364. The van der Waals surface area contributed by atoms with Gasteiger partial charge in [-0.1, -0.05) is 6.07 Å². The lowest BCUT2D eigenvalue weighted by atomic mass is 10.1. The predicted octanol–water partition coefficient (Wildman–Crippen LogP) is 0.760. The molecule has 1 aliphatic heterocycles. The molecule has 0 saturated carbocycles. The van der Waals surface area contributed by atoms with E-state index >= 15 is 0 Å². The second-order valence-electron chi connectivity index (χ2n) is 3.67. The van der Waals surface area contributed by atoms with Crippen LogP contribution < -0.4 is 15.2 Å². The highest BCUT2D eigenvalue weighted by Gasteiger charge is 2.15. The SMILES string of the molecule is N[C@H](CCc1ccc2c(c1)OCO2)C(=O)O. The summed E-state index contributed by atoms with van der Waals surface area (Å²) in [6.45, 7) is 0.243. The summed E-state index contributed by atoms with van der Waals surface area (Å²) in [7, 11) is 0. The maximum absolute atomic E-state index is 10.5. The van der Waals surface area contributed by atoms with Gasteiger partial charge in [0.1, 0.15) is 6.04 Å². The molecular weight excluding hydrogens is 210 g/mol. The number of rotatable bonds is 4. The van der Waals surface area contributed by atoms with E-state index in [2.05, 4.69) is 0 Å². The molecule has 0 aromatic heterocycles. The number of nitrogens with two attached hydrogens (primary N) is 1. The maximum atomic E-state index is 10.5. The van der Waals surface area contributed by atoms with E-state index in [0.717, 1.165) is 11.3 Å². The Hall–Kier alpha value is -1.75. The molecule has 0 fully saturated rings. The molecule has 0 radical (unpaired) electrons. The van der Waals surface area contributed by atoms with Gasteiger partial charge in [-0.15, -0.1) is 0 Å². The number of ether oxygens (including phenoxy) is 2. The fourth-order valence-electron chi connectivity index (χ4n) is 1.54. The summed E-state index contributed by atoms with van der Waals surface area (Å²) in [5, 5.41) is 8.65. The normalized spacial score (nSPS) is 14.8. The largest absolute Gasteiger partial charge is 0.480 e. The van der Waals surface area contributed by atoms with E-state index in [9.17, 15) is 4.79 Å². The van der Waals surface area contributed by atoms with E-state index in [4.69, 9.17) is 20.3 Å². The second kappa shape index (κ2) is 4.40. The van der Waals surface area contributed by atoms with Crippen LogP contribution >= 0.6 is 0 Å². The van der Waals surface area contributed by atoms with Crippen LogP contribution in [-0.2, 0) is 11.2 Å². The minimum Gasteiger partial charge on any atom is -0.480 e. The Bertz CT molecular complexity index is 405. The molecule has 0 amide bonds. The molecule has 5 nitrogen and oxygen atoms in total. The van der Waals surface area contributed by atoms with Crippen LogP contribution in [-0.4, -0.2) is 23.9 Å². The number of aryl methyl sites for hydroxylation is 1. The Balaban J connectivity index is 1.98. The van der Waals surface area contributed by atoms with Gasteiger partial charge in [-0.05, 0) is 30.5 Å². The Labute approximate surface area is 92.8 Å². The standard InChI is InChI=1S/C11H13NO4/c12-8(11(13)14)3-1-7-2-4-9-10(5-7)16-6-15-9/h2,4-5,8H,1,3,6,12H2,(H,13,14)/t8-/m1/s1. The van der Waals surface area contributed by atoms with Crippen molar-refractivity contribution in [3.63, 3.8) is 0 Å². The number of carboxylic acids is 1. The monoisotopic (exact) mass is 223 g/mol. The highest BCUT2D eigenvalue weighted by atomic mass is 16.7. The molecule has 16 heavy (non-hydrogen) atoms. The summed E-state index contributed by atoms with van der Waals surface area (Å²) < 4.78 is 10.4. The molecule has 3 N–H and O–H groups in total. The molecule has 1 aromatic rings. The van der Waals surface area contributed by atoms with Gasteiger partial charge in [0, 0.05) is 0 Å². The van der Waals surface area contributed by atoms with Gasteiger partial charge in [0.2, 0.25) is 6.79 Å². The molecular formula is C11H13NO4. The Morgan fingerprint density at radius 3 is 2.94 bits per heavy atom. The first-order valence-electron chi connectivity index (χ1n) is 5.04. The average Bonchev–Trinajstić information content (AvgIpc) is 2.72. The molecule has 1 atom stereocenters. The quantitative estimate of drug-likeness (QED) is 0.787. The molecule has 1 aromatic carbocycles. The van der Waals surface area contributed by atoms with Crippen LogP contribution in [0.1, 0.15) is 12.0 Å². The average molecular weight is 223 g/mol. The van der Waals surface area contributed by atoms with Crippen molar-refractivity contribution < 1.29 is 19.4 Å². The fourth-order valence-corrected chi connectivity index (χ4v) is 1.54. The van der Waals surface area contributed by atoms with E-state index in [1.807, 2.05) is 18.2 Å². The highest BCUT2D eigenvalue weighted by Crippen LogP contribution is 2.32. The topological polar surface area (TPSA) is 81.8 Å². The van der Waals surface area contributed by atoms with E-state index in [1.165, 1.54) is 0 Å². The van der Waals surface area contributed by atoms with Gasteiger partial charge in [0.25, 0.3) is 0 Å². The lowest BCUT2D eigenvalue weighted by Crippen LogP contribution is -2.30. The Morgan fingerprint density at radius 2 is 2.19 bits per heavy atom. The smallest absolute Gasteiger partial charge is 0.320 e. The van der Waals surface area contributed by atoms with Gasteiger partial charge >= 0.3 is 5.97 Å². The van der Waals surface area contributed by atoms with Crippen LogP contribution in [0.4, 0.5) is 0 Å². The second-order valence-corrected chi connectivity index (χ2v) is 3.67. The summed E-state index contributed by atoms with van der Waals surface area (Å²) in [6, 6.07) is 4.76. The zero-order valence-corrected chi connectivity index (χ0v) is 8.68. The van der Waals surface area contributed by atoms with Gasteiger partial charge in [0.05, 0.1) is 0 Å². The predicted molar refractivity (Wildman–Crippen MR) is 56.5 cm³/mol. The van der Waals surface area contributed by atoms with Crippen molar-refractivity contribution >= 4 is 5.97 Å². The molecule has 1 aliphatic rings. The van der Waals surface area contributed by atoms with Gasteiger partial charge in [0.15, 0.2) is 11.5 Å². The Morgan fingerprint density at radius 1 is 1.44 bits per heavy atom. The van der Waals surface area contributed by atoms with E-state index < -0.39 is 12.0 Å². The molecule has 86 valence electrons. The van der Waals surface area contributed by atoms with Crippen molar-refractivity contribution in [3.8, 4) is 11.5 Å². The first-order valence-corrected chi connectivity index (χ1v) is 5.04. The maximum Gasteiger partial charge on any atom is 0.320 e. The zero-order valence-electron chi connectivity index (χ0n) is 8.68. The summed E-state index contributed by atoms with van der Waals surface area (Å²) in [4.78, 5) is 10.5. The van der Waals surface area contributed by atoms with Crippen LogP contribution in [0.5, 0.6) is 11.5 Å². The van der Waals surface area contributed by atoms with E-state index in [0.29, 0.717) is 18.6 Å². The van der Waals surface area contributed by atoms with Gasteiger partial charge in [-0.2, -0.15) is 0 Å². The van der Waals surface area contributed by atoms with Crippen LogP contribution in [0.2, 0.25) is 0 Å². The van der Waals surface area contributed by atoms with Crippen LogP contribution in [0, 0.1) is 0 Å². The third-order valence-electron chi connectivity index (χ3n) is 2.50. The molecule has 1 heterocycles. The highest BCUT2D eigenvalue weighted by molar-refractivity contribution is 5.73. The molecule has 0 spiro atoms. The van der Waals surface area contributed by atoms with Crippen LogP contribution in [0.3, 0.4) is 0 Å². The van der Waals surface area contributed by atoms with Crippen LogP contribution in [0.25, 0.3) is 0 Å². The lowest BCUT2D eigenvalue weighted by Gasteiger charge is -2.06. The van der Waals surface area contributed by atoms with Crippen LogP contribution in [0.15, 0.2) is 18.2 Å². The summed E-state index contributed by atoms with van der Waals surface area (Å²) >= 11 is 0. The van der Waals surface area contributed by atoms with E-state index in [-0.39, 0.29) is 6.79 Å². The number of hydrogen-bond acceptors (Lipinski definition) is 4. The van der Waals surface area contributed by atoms with Crippen molar-refractivity contribution in [2.24, 2.45) is 5.73 Å². The number of fused-ring (bicyclic) bond motifs is 1. The molecule has 2 rings (SSSR count). The molecule has 0 unspecified atom stereocenters. The zero-order chi connectivity index (χ0) is 11.5. The molecule has 0 bridgehead atoms. The summed E-state index contributed by atoms with van der Waals surface area (Å²) in [5.41, 5.74) is 6.42. The van der Waals surface area contributed by atoms with Gasteiger partial charge < -0.3 is 20.3 Å². The molecule has 0 saturated heterocycles.